The number of nitrogens with zero attached hydrogens (tertiary/aromatic N) is 3. The Labute approximate surface area is 154 Å². The van der Waals surface area contributed by atoms with Crippen LogP contribution >= 0.6 is 0 Å². The summed E-state index contributed by atoms with van der Waals surface area (Å²) >= 11 is 0. The number of carbonyl (C=O) groups excluding carboxylic acids is 1. The van der Waals surface area contributed by atoms with Crippen LogP contribution in [0.1, 0.15) is 24.1 Å². The van der Waals surface area contributed by atoms with E-state index in [0.717, 1.165) is 22.6 Å². The molecule has 0 bridgehead atoms. The minimum atomic E-state index is -0.0863. The van der Waals surface area contributed by atoms with Gasteiger partial charge in [-0.15, -0.1) is 0 Å². The van der Waals surface area contributed by atoms with Gasteiger partial charge < -0.3 is 19.9 Å². The minimum Gasteiger partial charge on any atom is -0.496 e. The number of aryl methyl sites for hydroxylation is 1. The molecule has 0 unspecified atom stereocenters. The highest BCUT2D eigenvalue weighted by Crippen LogP contribution is 2.26. The van der Waals surface area contributed by atoms with Crippen LogP contribution in [0.3, 0.4) is 0 Å². The zero-order valence-corrected chi connectivity index (χ0v) is 15.6. The van der Waals surface area contributed by atoms with E-state index in [1.165, 1.54) is 0 Å². The highest BCUT2D eigenvalue weighted by molar-refractivity contribution is 5.88. The summed E-state index contributed by atoms with van der Waals surface area (Å²) in [6.45, 7) is 3.13. The van der Waals surface area contributed by atoms with Crippen molar-refractivity contribution >= 4 is 5.91 Å². The van der Waals surface area contributed by atoms with Crippen LogP contribution in [0.5, 0.6) is 5.75 Å². The van der Waals surface area contributed by atoms with Gasteiger partial charge in [-0.25, -0.2) is 4.98 Å². The summed E-state index contributed by atoms with van der Waals surface area (Å²) in [6, 6.07) is 7.78. The summed E-state index contributed by atoms with van der Waals surface area (Å²) in [6.07, 6.45) is 6.13. The van der Waals surface area contributed by atoms with Crippen LogP contribution < -0.4 is 10.5 Å². The molecular formula is C20H26N4O2. The monoisotopic (exact) mass is 354 g/mol. The molecule has 3 rings (SSSR count). The Hall–Kier alpha value is -2.60. The molecule has 0 radical (unpaired) electrons. The van der Waals surface area contributed by atoms with Gasteiger partial charge in [0.2, 0.25) is 5.91 Å². The zero-order valence-electron chi connectivity index (χ0n) is 15.6. The molecule has 1 aliphatic heterocycles. The SMILES string of the molecule is COc1ccccc1C/C(C)=C/C(=O)N1C[C@@H](N)[C@H](c2cn(C)cn2)C1. The van der Waals surface area contributed by atoms with E-state index in [-0.39, 0.29) is 17.9 Å². The summed E-state index contributed by atoms with van der Waals surface area (Å²) in [5, 5.41) is 0. The van der Waals surface area contributed by atoms with E-state index in [1.54, 1.807) is 19.5 Å². The smallest absolute Gasteiger partial charge is 0.246 e. The molecule has 2 heterocycles. The van der Waals surface area contributed by atoms with Gasteiger partial charge in [0, 0.05) is 44.4 Å². The number of para-hydroxylation sites is 1. The fourth-order valence-corrected chi connectivity index (χ4v) is 3.45. The molecule has 2 aromatic rings. The second-order valence-corrected chi connectivity index (χ2v) is 6.96. The molecule has 6 nitrogen and oxygen atoms in total. The van der Waals surface area contributed by atoms with Crippen molar-refractivity contribution in [2.24, 2.45) is 12.8 Å². The molecular weight excluding hydrogens is 328 g/mol. The predicted molar refractivity (Wildman–Crippen MR) is 101 cm³/mol. The highest BCUT2D eigenvalue weighted by Gasteiger charge is 2.34. The van der Waals surface area contributed by atoms with Crippen molar-refractivity contribution in [1.29, 1.82) is 0 Å². The van der Waals surface area contributed by atoms with E-state index in [0.29, 0.717) is 19.5 Å². The molecule has 1 aromatic carbocycles. The minimum absolute atomic E-state index is 0.00581. The van der Waals surface area contributed by atoms with Gasteiger partial charge in [-0.1, -0.05) is 23.8 Å². The average molecular weight is 354 g/mol. The van der Waals surface area contributed by atoms with Crippen molar-refractivity contribution < 1.29 is 9.53 Å². The highest BCUT2D eigenvalue weighted by atomic mass is 16.5. The number of benzene rings is 1. The van der Waals surface area contributed by atoms with Crippen molar-refractivity contribution in [2.75, 3.05) is 20.2 Å². The lowest BCUT2D eigenvalue weighted by Gasteiger charge is -2.14. The van der Waals surface area contributed by atoms with Crippen LogP contribution in [0.15, 0.2) is 48.4 Å². The van der Waals surface area contributed by atoms with Gasteiger partial charge in [-0.05, 0) is 25.0 Å². The first-order valence-electron chi connectivity index (χ1n) is 8.79. The largest absolute Gasteiger partial charge is 0.496 e. The number of imidazole rings is 1. The topological polar surface area (TPSA) is 73.4 Å². The Bertz CT molecular complexity index is 812. The molecule has 0 saturated carbocycles. The van der Waals surface area contributed by atoms with E-state index in [2.05, 4.69) is 4.98 Å². The molecule has 138 valence electrons. The van der Waals surface area contributed by atoms with Crippen molar-refractivity contribution in [1.82, 2.24) is 14.5 Å². The number of methoxy groups -OCH3 is 1. The molecule has 0 aliphatic carbocycles. The van der Waals surface area contributed by atoms with Gasteiger partial charge in [0.25, 0.3) is 0 Å². The maximum Gasteiger partial charge on any atom is 0.246 e. The van der Waals surface area contributed by atoms with Crippen LogP contribution in [-0.4, -0.2) is 46.6 Å². The number of hydrogen-bond donors (Lipinski definition) is 1. The fraction of sp³-hybridized carbons (Fsp3) is 0.400. The predicted octanol–water partition coefficient (Wildman–Crippen LogP) is 1.87. The summed E-state index contributed by atoms with van der Waals surface area (Å²) in [5.41, 5.74) is 9.27. The summed E-state index contributed by atoms with van der Waals surface area (Å²) in [7, 11) is 3.59. The molecule has 26 heavy (non-hydrogen) atoms. The van der Waals surface area contributed by atoms with Crippen molar-refractivity contribution in [3.63, 3.8) is 0 Å². The molecule has 1 aromatic heterocycles. The fourth-order valence-electron chi connectivity index (χ4n) is 3.45. The van der Waals surface area contributed by atoms with Gasteiger partial charge in [0.1, 0.15) is 5.75 Å². The number of allylic oxidation sites excluding steroid dienone is 1. The first-order valence-corrected chi connectivity index (χ1v) is 8.79. The molecule has 1 saturated heterocycles. The Morgan fingerprint density at radius 3 is 2.85 bits per heavy atom. The van der Waals surface area contributed by atoms with Crippen LogP contribution in [0.25, 0.3) is 0 Å². The molecule has 1 aliphatic rings. The third kappa shape index (κ3) is 3.96. The standard InChI is InChI=1S/C20H26N4O2/c1-14(8-15-6-4-5-7-19(15)26-3)9-20(25)24-10-16(17(21)11-24)18-12-23(2)13-22-18/h4-7,9,12-13,16-17H,8,10-11,21H2,1-3H3/b14-9+/t16-,17-/m1/s1. The number of likely N-dealkylation sites (tertiary alicyclic amines) is 1. The lowest BCUT2D eigenvalue weighted by atomic mass is 10.0. The normalized spacial score (nSPS) is 20.5. The lowest BCUT2D eigenvalue weighted by molar-refractivity contribution is -0.125. The number of aromatic nitrogens is 2. The Morgan fingerprint density at radius 2 is 2.15 bits per heavy atom. The maximum absolute atomic E-state index is 12.7. The first-order chi connectivity index (χ1) is 12.5. The molecule has 6 heteroatoms. The van der Waals surface area contributed by atoms with Crippen LogP contribution in [0, 0.1) is 0 Å². The van der Waals surface area contributed by atoms with Gasteiger partial charge in [-0.2, -0.15) is 0 Å². The van der Waals surface area contributed by atoms with Crippen LogP contribution in [0.4, 0.5) is 0 Å². The molecule has 1 fully saturated rings. The number of hydrogen-bond acceptors (Lipinski definition) is 4. The molecule has 2 atom stereocenters. The summed E-state index contributed by atoms with van der Waals surface area (Å²) in [4.78, 5) is 18.9. The first kappa shape index (κ1) is 18.2. The Balaban J connectivity index is 1.66. The quantitative estimate of drug-likeness (QED) is 0.832. The summed E-state index contributed by atoms with van der Waals surface area (Å²) < 4.78 is 7.29. The van der Waals surface area contributed by atoms with E-state index >= 15 is 0 Å². The number of nitrogens with two attached hydrogens (primary N) is 1. The third-order valence-corrected chi connectivity index (χ3v) is 4.81. The van der Waals surface area contributed by atoms with Crippen LogP contribution in [0.2, 0.25) is 0 Å². The average Bonchev–Trinajstić information content (AvgIpc) is 3.21. The van der Waals surface area contributed by atoms with Gasteiger partial charge in [0.15, 0.2) is 0 Å². The van der Waals surface area contributed by atoms with Crippen molar-refractivity contribution in [2.45, 2.75) is 25.3 Å². The number of rotatable bonds is 5. The van der Waals surface area contributed by atoms with E-state index in [9.17, 15) is 4.79 Å². The maximum atomic E-state index is 12.7. The summed E-state index contributed by atoms with van der Waals surface area (Å²) in [5.74, 6) is 0.931. The van der Waals surface area contributed by atoms with Crippen LogP contribution in [-0.2, 0) is 18.3 Å². The van der Waals surface area contributed by atoms with Gasteiger partial charge in [0.05, 0.1) is 19.1 Å². The van der Waals surface area contributed by atoms with Crippen molar-refractivity contribution in [3.05, 3.63) is 59.7 Å². The number of amides is 1. The van der Waals surface area contributed by atoms with E-state index < -0.39 is 0 Å². The Kier molecular flexibility index (Phi) is 5.42. The van der Waals surface area contributed by atoms with E-state index in [1.807, 2.05) is 53.9 Å². The number of ether oxygens (including phenoxy) is 1. The Morgan fingerprint density at radius 1 is 1.38 bits per heavy atom. The van der Waals surface area contributed by atoms with E-state index in [4.69, 9.17) is 10.5 Å². The molecule has 2 N–H and O–H groups in total. The third-order valence-electron chi connectivity index (χ3n) is 4.81. The van der Waals surface area contributed by atoms with Gasteiger partial charge >= 0.3 is 0 Å². The zero-order chi connectivity index (χ0) is 18.7. The molecule has 1 amide bonds. The lowest BCUT2D eigenvalue weighted by Crippen LogP contribution is -2.31. The molecule has 0 spiro atoms. The second-order valence-electron chi connectivity index (χ2n) is 6.96. The number of carbonyl (C=O) groups is 1. The van der Waals surface area contributed by atoms with Crippen molar-refractivity contribution in [3.8, 4) is 5.75 Å². The second kappa shape index (κ2) is 7.74. The van der Waals surface area contributed by atoms with Gasteiger partial charge in [-0.3, -0.25) is 4.79 Å².